The van der Waals surface area contributed by atoms with Crippen molar-refractivity contribution in [2.24, 2.45) is 0 Å². The lowest BCUT2D eigenvalue weighted by Gasteiger charge is -2.37. The van der Waals surface area contributed by atoms with Gasteiger partial charge >= 0.3 is 0 Å². The number of aromatic nitrogens is 2. The number of rotatable bonds is 5. The molecule has 0 unspecified atom stereocenters. The van der Waals surface area contributed by atoms with Gasteiger partial charge in [-0.25, -0.2) is 4.98 Å². The van der Waals surface area contributed by atoms with E-state index in [1.165, 1.54) is 16.8 Å². The van der Waals surface area contributed by atoms with E-state index in [2.05, 4.69) is 64.1 Å². The third-order valence-electron chi connectivity index (χ3n) is 4.69. The van der Waals surface area contributed by atoms with Gasteiger partial charge in [0.2, 0.25) is 5.95 Å². The van der Waals surface area contributed by atoms with E-state index in [-0.39, 0.29) is 0 Å². The Morgan fingerprint density at radius 1 is 1.04 bits per heavy atom. The van der Waals surface area contributed by atoms with Crippen molar-refractivity contribution < 1.29 is 0 Å². The molecule has 1 aromatic heterocycles. The SMILES string of the molecule is CCCNc1nccc(N2CCN(c3cccc(C)c3C)CC2)n1. The van der Waals surface area contributed by atoms with Gasteiger partial charge in [-0.2, -0.15) is 4.98 Å². The van der Waals surface area contributed by atoms with Crippen LogP contribution in [0.1, 0.15) is 24.5 Å². The van der Waals surface area contributed by atoms with Gasteiger partial charge in [-0.3, -0.25) is 0 Å². The highest BCUT2D eigenvalue weighted by Gasteiger charge is 2.20. The first-order valence-corrected chi connectivity index (χ1v) is 8.82. The standard InChI is InChI=1S/C19H27N5/c1-4-9-20-19-21-10-8-18(22-19)24-13-11-23(12-14-24)17-7-5-6-15(2)16(17)3/h5-8,10H,4,9,11-14H2,1-3H3,(H,20,21,22). The summed E-state index contributed by atoms with van der Waals surface area (Å²) in [6.07, 6.45) is 2.92. The van der Waals surface area contributed by atoms with Crippen LogP contribution in [0.2, 0.25) is 0 Å². The summed E-state index contributed by atoms with van der Waals surface area (Å²) < 4.78 is 0. The van der Waals surface area contributed by atoms with E-state index in [9.17, 15) is 0 Å². The van der Waals surface area contributed by atoms with Crippen molar-refractivity contribution in [2.45, 2.75) is 27.2 Å². The highest BCUT2D eigenvalue weighted by Crippen LogP contribution is 2.25. The number of hydrogen-bond acceptors (Lipinski definition) is 5. The number of anilines is 3. The fourth-order valence-corrected chi connectivity index (χ4v) is 3.10. The van der Waals surface area contributed by atoms with E-state index >= 15 is 0 Å². The molecule has 0 amide bonds. The van der Waals surface area contributed by atoms with E-state index in [0.29, 0.717) is 0 Å². The maximum Gasteiger partial charge on any atom is 0.224 e. The first-order chi connectivity index (χ1) is 11.7. The molecule has 1 aromatic carbocycles. The van der Waals surface area contributed by atoms with Gasteiger partial charge in [0.1, 0.15) is 5.82 Å². The summed E-state index contributed by atoms with van der Waals surface area (Å²) >= 11 is 0. The number of hydrogen-bond donors (Lipinski definition) is 1. The van der Waals surface area contributed by atoms with Crippen molar-refractivity contribution in [3.8, 4) is 0 Å². The molecule has 1 saturated heterocycles. The summed E-state index contributed by atoms with van der Waals surface area (Å²) in [7, 11) is 0. The third kappa shape index (κ3) is 3.61. The molecule has 2 aromatic rings. The monoisotopic (exact) mass is 325 g/mol. The lowest BCUT2D eigenvalue weighted by Crippen LogP contribution is -2.47. The van der Waals surface area contributed by atoms with Crippen LogP contribution in [0.25, 0.3) is 0 Å². The molecule has 5 nitrogen and oxygen atoms in total. The van der Waals surface area contributed by atoms with Crippen molar-refractivity contribution in [3.63, 3.8) is 0 Å². The van der Waals surface area contributed by atoms with Gasteiger partial charge in [0.05, 0.1) is 0 Å². The number of piperazine rings is 1. The number of nitrogens with zero attached hydrogens (tertiary/aromatic N) is 4. The van der Waals surface area contributed by atoms with Crippen LogP contribution in [0, 0.1) is 13.8 Å². The molecule has 1 aliphatic rings. The van der Waals surface area contributed by atoms with Gasteiger partial charge in [0, 0.05) is 44.6 Å². The fraction of sp³-hybridized carbons (Fsp3) is 0.474. The first kappa shape index (κ1) is 16.6. The van der Waals surface area contributed by atoms with Gasteiger partial charge in [0.15, 0.2) is 0 Å². The Kier molecular flexibility index (Phi) is 5.18. The van der Waals surface area contributed by atoms with E-state index in [0.717, 1.165) is 50.9 Å². The summed E-state index contributed by atoms with van der Waals surface area (Å²) in [5.74, 6) is 1.75. The summed E-state index contributed by atoms with van der Waals surface area (Å²) in [6.45, 7) is 11.5. The molecule has 24 heavy (non-hydrogen) atoms. The molecule has 0 spiro atoms. The lowest BCUT2D eigenvalue weighted by molar-refractivity contribution is 0.645. The summed E-state index contributed by atoms with van der Waals surface area (Å²) in [6, 6.07) is 8.57. The quantitative estimate of drug-likeness (QED) is 0.914. The molecule has 1 fully saturated rings. The molecule has 1 aliphatic heterocycles. The van der Waals surface area contributed by atoms with Crippen molar-refractivity contribution in [2.75, 3.05) is 47.8 Å². The molecule has 0 atom stereocenters. The lowest BCUT2D eigenvalue weighted by atomic mass is 10.1. The van der Waals surface area contributed by atoms with Gasteiger partial charge in [-0.1, -0.05) is 19.1 Å². The van der Waals surface area contributed by atoms with Crippen LogP contribution in [0.4, 0.5) is 17.5 Å². The zero-order valence-corrected chi connectivity index (χ0v) is 14.9. The smallest absolute Gasteiger partial charge is 0.224 e. The van der Waals surface area contributed by atoms with Gasteiger partial charge in [0.25, 0.3) is 0 Å². The van der Waals surface area contributed by atoms with E-state index in [4.69, 9.17) is 0 Å². The normalized spacial score (nSPS) is 14.8. The Labute approximate surface area is 144 Å². The van der Waals surface area contributed by atoms with Gasteiger partial charge in [-0.05, 0) is 43.5 Å². The summed E-state index contributed by atoms with van der Waals surface area (Å²) in [5.41, 5.74) is 4.11. The van der Waals surface area contributed by atoms with Crippen LogP contribution in [0.5, 0.6) is 0 Å². The topological polar surface area (TPSA) is 44.3 Å². The minimum Gasteiger partial charge on any atom is -0.368 e. The Morgan fingerprint density at radius 2 is 1.79 bits per heavy atom. The number of benzene rings is 1. The minimum absolute atomic E-state index is 0.728. The Balaban J connectivity index is 1.66. The van der Waals surface area contributed by atoms with Crippen LogP contribution in [0.3, 0.4) is 0 Å². The molecule has 0 aliphatic carbocycles. The highest BCUT2D eigenvalue weighted by molar-refractivity contribution is 5.57. The van der Waals surface area contributed by atoms with Gasteiger partial charge in [-0.15, -0.1) is 0 Å². The molecule has 0 bridgehead atoms. The second kappa shape index (κ2) is 7.51. The first-order valence-electron chi connectivity index (χ1n) is 8.82. The Morgan fingerprint density at radius 3 is 2.54 bits per heavy atom. The van der Waals surface area contributed by atoms with Crippen LogP contribution in [-0.4, -0.2) is 42.7 Å². The van der Waals surface area contributed by atoms with Crippen molar-refractivity contribution in [1.82, 2.24) is 9.97 Å². The van der Waals surface area contributed by atoms with Crippen LogP contribution < -0.4 is 15.1 Å². The van der Waals surface area contributed by atoms with Crippen LogP contribution >= 0.6 is 0 Å². The third-order valence-corrected chi connectivity index (χ3v) is 4.69. The Bertz CT molecular complexity index is 677. The van der Waals surface area contributed by atoms with Gasteiger partial charge < -0.3 is 15.1 Å². The molecule has 0 radical (unpaired) electrons. The Hall–Kier alpha value is -2.30. The second-order valence-corrected chi connectivity index (χ2v) is 6.36. The molecule has 0 saturated carbocycles. The summed E-state index contributed by atoms with van der Waals surface area (Å²) in [4.78, 5) is 13.8. The predicted molar refractivity (Wildman–Crippen MR) is 101 cm³/mol. The number of nitrogens with one attached hydrogen (secondary N) is 1. The maximum atomic E-state index is 4.65. The second-order valence-electron chi connectivity index (χ2n) is 6.36. The van der Waals surface area contributed by atoms with E-state index in [1.807, 2.05) is 12.3 Å². The fourth-order valence-electron chi connectivity index (χ4n) is 3.10. The van der Waals surface area contributed by atoms with Crippen LogP contribution in [-0.2, 0) is 0 Å². The average molecular weight is 325 g/mol. The molecule has 2 heterocycles. The van der Waals surface area contributed by atoms with E-state index < -0.39 is 0 Å². The molecule has 1 N–H and O–H groups in total. The molecular weight excluding hydrogens is 298 g/mol. The largest absolute Gasteiger partial charge is 0.368 e. The summed E-state index contributed by atoms with van der Waals surface area (Å²) in [5, 5.41) is 3.26. The molecule has 3 rings (SSSR count). The average Bonchev–Trinajstić information content (AvgIpc) is 2.63. The van der Waals surface area contributed by atoms with Crippen molar-refractivity contribution in [3.05, 3.63) is 41.6 Å². The minimum atomic E-state index is 0.728. The maximum absolute atomic E-state index is 4.65. The zero-order chi connectivity index (χ0) is 16.9. The predicted octanol–water partition coefficient (Wildman–Crippen LogP) is 3.24. The van der Waals surface area contributed by atoms with E-state index in [1.54, 1.807) is 0 Å². The zero-order valence-electron chi connectivity index (χ0n) is 14.9. The molecule has 128 valence electrons. The molecule has 5 heteroatoms. The number of aryl methyl sites for hydroxylation is 1. The van der Waals surface area contributed by atoms with Crippen LogP contribution in [0.15, 0.2) is 30.5 Å². The van der Waals surface area contributed by atoms with Crippen molar-refractivity contribution >= 4 is 17.5 Å². The highest BCUT2D eigenvalue weighted by atomic mass is 15.3. The van der Waals surface area contributed by atoms with Crippen molar-refractivity contribution in [1.29, 1.82) is 0 Å². The molecular formula is C19H27N5.